The molecule has 0 unspecified atom stereocenters. The molecule has 1 heterocycles. The second kappa shape index (κ2) is 8.99. The highest BCUT2D eigenvalue weighted by molar-refractivity contribution is 5.94. The van der Waals surface area contributed by atoms with Gasteiger partial charge in [-0.15, -0.1) is 0 Å². The third-order valence-electron chi connectivity index (χ3n) is 5.53. The number of likely N-dealkylation sites (tertiary alicyclic amines) is 1. The van der Waals surface area contributed by atoms with E-state index in [0.717, 1.165) is 38.0 Å². The van der Waals surface area contributed by atoms with Crippen LogP contribution in [-0.2, 0) is 14.3 Å². The minimum Gasteiger partial charge on any atom is -0.469 e. The molecule has 1 aliphatic heterocycles. The standard InChI is InChI=1S/C20H30N2O3/c1-5-14(2)17-8-6-7-9-18(17)21-19(23)15(3)22-12-10-16(11-13-22)20(24)25-4/h6-9,14-16H,5,10-13H2,1-4H3,(H,21,23)/p+1/t14-,15-/m1/s1. The van der Waals surface area contributed by atoms with Crippen LogP contribution in [0.1, 0.15) is 51.5 Å². The Hall–Kier alpha value is -1.88. The highest BCUT2D eigenvalue weighted by atomic mass is 16.5. The summed E-state index contributed by atoms with van der Waals surface area (Å²) in [5.74, 6) is 0.311. The van der Waals surface area contributed by atoms with Crippen molar-refractivity contribution >= 4 is 17.6 Å². The Kier molecular flexibility index (Phi) is 7.00. The van der Waals surface area contributed by atoms with Gasteiger partial charge in [-0.25, -0.2) is 0 Å². The van der Waals surface area contributed by atoms with Gasteiger partial charge in [-0.1, -0.05) is 32.0 Å². The van der Waals surface area contributed by atoms with E-state index in [1.807, 2.05) is 25.1 Å². The number of amides is 1. The molecule has 0 aliphatic carbocycles. The van der Waals surface area contributed by atoms with Gasteiger partial charge in [-0.3, -0.25) is 9.59 Å². The molecule has 0 bridgehead atoms. The van der Waals surface area contributed by atoms with Crippen molar-refractivity contribution < 1.29 is 19.2 Å². The molecule has 1 amide bonds. The van der Waals surface area contributed by atoms with E-state index in [1.54, 1.807) is 0 Å². The maximum absolute atomic E-state index is 12.7. The van der Waals surface area contributed by atoms with Gasteiger partial charge in [-0.2, -0.15) is 0 Å². The summed E-state index contributed by atoms with van der Waals surface area (Å²) in [6.45, 7) is 7.94. The second-order valence-electron chi connectivity index (χ2n) is 7.06. The van der Waals surface area contributed by atoms with E-state index >= 15 is 0 Å². The lowest BCUT2D eigenvalue weighted by Crippen LogP contribution is -3.17. The average molecular weight is 347 g/mol. The van der Waals surface area contributed by atoms with Crippen LogP contribution in [0.4, 0.5) is 5.69 Å². The number of quaternary nitrogens is 1. The number of nitrogens with one attached hydrogen (secondary N) is 2. The van der Waals surface area contributed by atoms with Gasteiger partial charge in [0.2, 0.25) is 0 Å². The Morgan fingerprint density at radius 1 is 1.24 bits per heavy atom. The predicted octanol–water partition coefficient (Wildman–Crippen LogP) is 1.99. The van der Waals surface area contributed by atoms with E-state index in [2.05, 4.69) is 25.2 Å². The largest absolute Gasteiger partial charge is 0.469 e. The van der Waals surface area contributed by atoms with Gasteiger partial charge in [0, 0.05) is 18.5 Å². The fourth-order valence-corrected chi connectivity index (χ4v) is 3.51. The summed E-state index contributed by atoms with van der Waals surface area (Å²) in [6.07, 6.45) is 2.60. The molecule has 1 fully saturated rings. The molecule has 1 aromatic rings. The summed E-state index contributed by atoms with van der Waals surface area (Å²) >= 11 is 0. The Labute approximate surface area is 150 Å². The summed E-state index contributed by atoms with van der Waals surface area (Å²) in [7, 11) is 1.44. The number of para-hydroxylation sites is 1. The van der Waals surface area contributed by atoms with Gasteiger partial charge >= 0.3 is 5.97 Å². The van der Waals surface area contributed by atoms with Crippen LogP contribution < -0.4 is 10.2 Å². The normalized spacial score (nSPS) is 22.7. The summed E-state index contributed by atoms with van der Waals surface area (Å²) < 4.78 is 4.83. The van der Waals surface area contributed by atoms with Crippen molar-refractivity contribution in [2.45, 2.75) is 52.0 Å². The first-order chi connectivity index (χ1) is 12.0. The van der Waals surface area contributed by atoms with Gasteiger partial charge in [0.15, 0.2) is 6.04 Å². The first kappa shape index (κ1) is 19.4. The molecule has 1 aromatic carbocycles. The first-order valence-corrected chi connectivity index (χ1v) is 9.30. The Morgan fingerprint density at radius 2 is 1.88 bits per heavy atom. The molecule has 0 spiro atoms. The molecule has 2 N–H and O–H groups in total. The Balaban J connectivity index is 1.97. The van der Waals surface area contributed by atoms with E-state index in [9.17, 15) is 9.59 Å². The van der Waals surface area contributed by atoms with Crippen LogP contribution >= 0.6 is 0 Å². The van der Waals surface area contributed by atoms with Crippen molar-refractivity contribution in [3.05, 3.63) is 29.8 Å². The Morgan fingerprint density at radius 3 is 2.48 bits per heavy atom. The zero-order chi connectivity index (χ0) is 18.4. The smallest absolute Gasteiger partial charge is 0.309 e. The fourth-order valence-electron chi connectivity index (χ4n) is 3.51. The van der Waals surface area contributed by atoms with Gasteiger partial charge in [0.1, 0.15) is 0 Å². The van der Waals surface area contributed by atoms with Gasteiger partial charge in [0.25, 0.3) is 5.91 Å². The van der Waals surface area contributed by atoms with Crippen molar-refractivity contribution in [3.63, 3.8) is 0 Å². The van der Waals surface area contributed by atoms with E-state index in [-0.39, 0.29) is 23.8 Å². The zero-order valence-corrected chi connectivity index (χ0v) is 15.8. The van der Waals surface area contributed by atoms with Crippen LogP contribution in [-0.4, -0.2) is 38.1 Å². The van der Waals surface area contributed by atoms with Crippen molar-refractivity contribution in [2.75, 3.05) is 25.5 Å². The lowest BCUT2D eigenvalue weighted by Gasteiger charge is -2.31. The molecule has 5 nitrogen and oxygen atoms in total. The monoisotopic (exact) mass is 347 g/mol. The van der Waals surface area contributed by atoms with Crippen molar-refractivity contribution in [2.24, 2.45) is 5.92 Å². The van der Waals surface area contributed by atoms with E-state index in [0.29, 0.717) is 5.92 Å². The minimum absolute atomic E-state index is 0.0184. The van der Waals surface area contributed by atoms with Crippen LogP contribution in [0.2, 0.25) is 0 Å². The molecule has 1 aliphatic rings. The highest BCUT2D eigenvalue weighted by Crippen LogP contribution is 2.26. The molecule has 0 radical (unpaired) electrons. The number of anilines is 1. The quantitative estimate of drug-likeness (QED) is 0.774. The molecular weight excluding hydrogens is 316 g/mol. The molecular formula is C20H31N2O3+. The number of hydrogen-bond acceptors (Lipinski definition) is 3. The number of esters is 1. The lowest BCUT2D eigenvalue weighted by atomic mass is 9.95. The Bertz CT molecular complexity index is 594. The molecule has 5 heteroatoms. The number of hydrogen-bond donors (Lipinski definition) is 2. The topological polar surface area (TPSA) is 59.8 Å². The van der Waals surface area contributed by atoms with Crippen molar-refractivity contribution in [1.29, 1.82) is 0 Å². The van der Waals surface area contributed by atoms with Gasteiger partial charge in [-0.05, 0) is 30.9 Å². The number of benzene rings is 1. The molecule has 2 rings (SSSR count). The number of ether oxygens (including phenoxy) is 1. The number of carbonyl (C=O) groups is 2. The van der Waals surface area contributed by atoms with E-state index in [1.165, 1.54) is 17.6 Å². The van der Waals surface area contributed by atoms with Gasteiger partial charge in [0.05, 0.1) is 26.1 Å². The van der Waals surface area contributed by atoms with Gasteiger partial charge < -0.3 is 15.0 Å². The molecule has 0 saturated carbocycles. The zero-order valence-electron chi connectivity index (χ0n) is 15.8. The third kappa shape index (κ3) is 4.82. The third-order valence-corrected chi connectivity index (χ3v) is 5.53. The maximum atomic E-state index is 12.7. The fraction of sp³-hybridized carbons (Fsp3) is 0.600. The summed E-state index contributed by atoms with van der Waals surface area (Å²) in [5, 5.41) is 3.12. The van der Waals surface area contributed by atoms with Crippen molar-refractivity contribution in [3.8, 4) is 0 Å². The minimum atomic E-state index is -0.136. The summed E-state index contributed by atoms with van der Waals surface area (Å²) in [6, 6.07) is 7.90. The van der Waals surface area contributed by atoms with Crippen LogP contribution in [0.3, 0.4) is 0 Å². The van der Waals surface area contributed by atoms with Crippen molar-refractivity contribution in [1.82, 2.24) is 0 Å². The van der Waals surface area contributed by atoms with Crippen LogP contribution in [0.15, 0.2) is 24.3 Å². The first-order valence-electron chi connectivity index (χ1n) is 9.30. The number of methoxy groups -OCH3 is 1. The van der Waals surface area contributed by atoms with E-state index in [4.69, 9.17) is 4.74 Å². The number of piperidine rings is 1. The SMILES string of the molecule is CC[C@@H](C)c1ccccc1NC(=O)[C@@H](C)[NH+]1CCC(C(=O)OC)CC1. The molecule has 1 saturated heterocycles. The van der Waals surface area contributed by atoms with Crippen LogP contribution in [0.25, 0.3) is 0 Å². The maximum Gasteiger partial charge on any atom is 0.309 e. The molecule has 0 aromatic heterocycles. The average Bonchev–Trinajstić information content (AvgIpc) is 2.66. The van der Waals surface area contributed by atoms with E-state index < -0.39 is 0 Å². The summed E-state index contributed by atoms with van der Waals surface area (Å²) in [5.41, 5.74) is 2.10. The molecule has 25 heavy (non-hydrogen) atoms. The summed E-state index contributed by atoms with van der Waals surface area (Å²) in [4.78, 5) is 25.6. The number of rotatable bonds is 6. The predicted molar refractivity (Wildman–Crippen MR) is 98.7 cm³/mol. The van der Waals surface area contributed by atoms with Crippen LogP contribution in [0.5, 0.6) is 0 Å². The number of carbonyl (C=O) groups excluding carboxylic acids is 2. The molecule has 2 atom stereocenters. The second-order valence-corrected chi connectivity index (χ2v) is 7.06. The lowest BCUT2D eigenvalue weighted by molar-refractivity contribution is -0.919. The highest BCUT2D eigenvalue weighted by Gasteiger charge is 2.33. The van der Waals surface area contributed by atoms with Crippen LogP contribution in [0, 0.1) is 5.92 Å². The molecule has 138 valence electrons.